The Morgan fingerprint density at radius 2 is 1.76 bits per heavy atom. The van der Waals surface area contributed by atoms with Crippen LogP contribution in [0.1, 0.15) is 38.2 Å². The minimum Gasteiger partial charge on any atom is -0.337 e. The fraction of sp³-hybridized carbons (Fsp3) is 0.400. The third-order valence-corrected chi connectivity index (χ3v) is 4.80. The molecular weight excluding hydrogens is 330 g/mol. The van der Waals surface area contributed by atoms with Crippen molar-refractivity contribution < 1.29 is 4.79 Å². The molecule has 0 saturated carbocycles. The van der Waals surface area contributed by atoms with Crippen molar-refractivity contribution in [3.63, 3.8) is 0 Å². The highest BCUT2D eigenvalue weighted by atomic mass is 32.1. The average molecular weight is 356 g/mol. The number of hydrogen-bond donors (Lipinski definition) is 0. The van der Waals surface area contributed by atoms with Crippen molar-refractivity contribution in [3.8, 4) is 11.3 Å². The van der Waals surface area contributed by atoms with Gasteiger partial charge in [-0.15, -0.1) is 11.3 Å². The number of carbonyl (C=O) groups is 1. The third kappa shape index (κ3) is 3.93. The number of nitrogens with zero attached hydrogens (tertiary/aromatic N) is 3. The van der Waals surface area contributed by atoms with Crippen LogP contribution >= 0.6 is 11.3 Å². The van der Waals surface area contributed by atoms with E-state index in [9.17, 15) is 4.79 Å². The van der Waals surface area contributed by atoms with Gasteiger partial charge < -0.3 is 4.90 Å². The number of amides is 1. The zero-order valence-electron chi connectivity index (χ0n) is 15.3. The van der Waals surface area contributed by atoms with E-state index < -0.39 is 0 Å². The molecule has 25 heavy (non-hydrogen) atoms. The molecule has 2 aromatic heterocycles. The third-order valence-electron chi connectivity index (χ3n) is 3.96. The molecule has 0 saturated heterocycles. The van der Waals surface area contributed by atoms with Gasteiger partial charge in [-0.2, -0.15) is 0 Å². The second-order valence-corrected chi connectivity index (χ2v) is 8.10. The smallest absolute Gasteiger partial charge is 0.271 e. The Kier molecular flexibility index (Phi) is 5.23. The van der Waals surface area contributed by atoms with Crippen molar-refractivity contribution in [2.24, 2.45) is 11.8 Å². The van der Waals surface area contributed by atoms with Crippen LogP contribution in [0.25, 0.3) is 16.2 Å². The molecule has 0 aliphatic carbocycles. The van der Waals surface area contributed by atoms with Gasteiger partial charge in [0, 0.05) is 30.2 Å². The highest BCUT2D eigenvalue weighted by Crippen LogP contribution is 2.24. The van der Waals surface area contributed by atoms with Crippen molar-refractivity contribution in [1.29, 1.82) is 0 Å². The lowest BCUT2D eigenvalue weighted by Crippen LogP contribution is -2.37. The predicted molar refractivity (Wildman–Crippen MR) is 104 cm³/mol. The summed E-state index contributed by atoms with van der Waals surface area (Å²) in [7, 11) is 0. The first-order chi connectivity index (χ1) is 12.0. The van der Waals surface area contributed by atoms with E-state index in [0.717, 1.165) is 29.3 Å². The maximum Gasteiger partial charge on any atom is 0.271 e. The molecule has 3 aromatic rings. The summed E-state index contributed by atoms with van der Waals surface area (Å²) in [5.41, 5.74) is 2.68. The summed E-state index contributed by atoms with van der Waals surface area (Å²) in [6.07, 6.45) is 1.97. The largest absolute Gasteiger partial charge is 0.337 e. The quantitative estimate of drug-likeness (QED) is 0.636. The minimum atomic E-state index is 0.0886. The molecule has 0 fully saturated rings. The molecule has 0 N–H and O–H groups in total. The Morgan fingerprint density at radius 1 is 1.12 bits per heavy atom. The molecule has 4 nitrogen and oxygen atoms in total. The van der Waals surface area contributed by atoms with Crippen molar-refractivity contribution in [2.45, 2.75) is 27.7 Å². The van der Waals surface area contributed by atoms with E-state index >= 15 is 0 Å². The van der Waals surface area contributed by atoms with Crippen LogP contribution in [-0.2, 0) is 0 Å². The van der Waals surface area contributed by atoms with Crippen LogP contribution in [0.15, 0.2) is 41.9 Å². The summed E-state index contributed by atoms with van der Waals surface area (Å²) in [4.78, 5) is 20.6. The van der Waals surface area contributed by atoms with Gasteiger partial charge in [0.1, 0.15) is 5.69 Å². The topological polar surface area (TPSA) is 37.6 Å². The van der Waals surface area contributed by atoms with E-state index in [1.165, 1.54) is 11.3 Å². The predicted octanol–water partition coefficient (Wildman–Crippen LogP) is 4.82. The zero-order chi connectivity index (χ0) is 18.0. The van der Waals surface area contributed by atoms with E-state index in [1.54, 1.807) is 0 Å². The molecule has 1 aromatic carbocycles. The number of thiazole rings is 1. The highest BCUT2D eigenvalue weighted by Gasteiger charge is 2.22. The molecule has 2 heterocycles. The normalized spacial score (nSPS) is 11.6. The number of aromatic nitrogens is 2. The number of benzene rings is 1. The van der Waals surface area contributed by atoms with Crippen molar-refractivity contribution in [2.75, 3.05) is 13.1 Å². The van der Waals surface area contributed by atoms with Gasteiger partial charge >= 0.3 is 0 Å². The van der Waals surface area contributed by atoms with Gasteiger partial charge in [0.2, 0.25) is 0 Å². The van der Waals surface area contributed by atoms with Crippen molar-refractivity contribution >= 4 is 22.2 Å². The Balaban J connectivity index is 1.94. The van der Waals surface area contributed by atoms with E-state index in [-0.39, 0.29) is 5.91 Å². The standard InChI is InChI=1S/C20H25N3OS/c1-14(2)10-22(11-15(3)4)19(24)18-13-25-20-21-17(12-23(18)20)16-8-6-5-7-9-16/h5-9,12-15H,10-11H2,1-4H3. The molecule has 0 aliphatic heterocycles. The summed E-state index contributed by atoms with van der Waals surface area (Å²) < 4.78 is 1.93. The maximum atomic E-state index is 13.1. The van der Waals surface area contributed by atoms with Gasteiger partial charge in [0.15, 0.2) is 4.96 Å². The Hall–Kier alpha value is -2.14. The molecule has 0 unspecified atom stereocenters. The van der Waals surface area contributed by atoms with Crippen molar-refractivity contribution in [1.82, 2.24) is 14.3 Å². The summed E-state index contributed by atoms with van der Waals surface area (Å²) in [5, 5.41) is 1.92. The van der Waals surface area contributed by atoms with Gasteiger partial charge in [0.25, 0.3) is 5.91 Å². The highest BCUT2D eigenvalue weighted by molar-refractivity contribution is 7.15. The maximum absolute atomic E-state index is 13.1. The molecule has 0 aliphatic rings. The number of rotatable bonds is 6. The van der Waals surface area contributed by atoms with E-state index in [0.29, 0.717) is 17.5 Å². The first kappa shape index (κ1) is 17.7. The van der Waals surface area contributed by atoms with E-state index in [2.05, 4.69) is 32.7 Å². The fourth-order valence-electron chi connectivity index (χ4n) is 2.97. The van der Waals surface area contributed by atoms with Crippen LogP contribution in [0, 0.1) is 11.8 Å². The molecule has 0 spiro atoms. The summed E-state index contributed by atoms with van der Waals surface area (Å²) in [6, 6.07) is 10.1. The number of carbonyl (C=O) groups excluding carboxylic acids is 1. The number of fused-ring (bicyclic) bond motifs is 1. The van der Waals surface area contributed by atoms with Crippen molar-refractivity contribution in [3.05, 3.63) is 47.6 Å². The van der Waals surface area contributed by atoms with Crippen LogP contribution in [-0.4, -0.2) is 33.3 Å². The summed E-state index contributed by atoms with van der Waals surface area (Å²) in [6.45, 7) is 10.1. The van der Waals surface area contributed by atoms with Gasteiger partial charge in [-0.1, -0.05) is 58.0 Å². The van der Waals surface area contributed by atoms with E-state index in [4.69, 9.17) is 0 Å². The van der Waals surface area contributed by atoms with E-state index in [1.807, 2.05) is 51.2 Å². The van der Waals surface area contributed by atoms with Gasteiger partial charge in [-0.3, -0.25) is 9.20 Å². The van der Waals surface area contributed by atoms with Gasteiger partial charge in [0.05, 0.1) is 5.69 Å². The molecule has 0 radical (unpaired) electrons. The average Bonchev–Trinajstić information content (AvgIpc) is 3.14. The molecule has 5 heteroatoms. The fourth-order valence-corrected chi connectivity index (χ4v) is 3.82. The van der Waals surface area contributed by atoms with Crippen LogP contribution in [0.5, 0.6) is 0 Å². The monoisotopic (exact) mass is 355 g/mol. The summed E-state index contributed by atoms with van der Waals surface area (Å²) >= 11 is 1.52. The first-order valence-electron chi connectivity index (χ1n) is 8.77. The second kappa shape index (κ2) is 7.40. The van der Waals surface area contributed by atoms with Crippen LogP contribution in [0.4, 0.5) is 0 Å². The molecular formula is C20H25N3OS. The number of imidazole rings is 1. The molecule has 0 atom stereocenters. The minimum absolute atomic E-state index is 0.0886. The lowest BCUT2D eigenvalue weighted by atomic mass is 10.1. The van der Waals surface area contributed by atoms with Crippen LogP contribution in [0.3, 0.4) is 0 Å². The zero-order valence-corrected chi connectivity index (χ0v) is 16.1. The van der Waals surface area contributed by atoms with Crippen LogP contribution < -0.4 is 0 Å². The lowest BCUT2D eigenvalue weighted by Gasteiger charge is -2.26. The van der Waals surface area contributed by atoms with Gasteiger partial charge in [-0.05, 0) is 11.8 Å². The Labute approximate surface area is 153 Å². The van der Waals surface area contributed by atoms with Crippen LogP contribution in [0.2, 0.25) is 0 Å². The Morgan fingerprint density at radius 3 is 2.36 bits per heavy atom. The first-order valence-corrected chi connectivity index (χ1v) is 9.65. The Bertz CT molecular complexity index is 838. The molecule has 3 rings (SSSR count). The molecule has 1 amide bonds. The lowest BCUT2D eigenvalue weighted by molar-refractivity contribution is 0.0708. The number of hydrogen-bond acceptors (Lipinski definition) is 3. The van der Waals surface area contributed by atoms with Gasteiger partial charge in [-0.25, -0.2) is 4.98 Å². The molecule has 0 bridgehead atoms. The summed E-state index contributed by atoms with van der Waals surface area (Å²) in [5.74, 6) is 0.977. The molecule has 132 valence electrons. The second-order valence-electron chi connectivity index (χ2n) is 7.26. The SMILES string of the molecule is CC(C)CN(CC(C)C)C(=O)c1csc2nc(-c3ccccc3)cn12.